The van der Waals surface area contributed by atoms with E-state index in [-0.39, 0.29) is 6.61 Å². The average Bonchev–Trinajstić information content (AvgIpc) is 2.39. The van der Waals surface area contributed by atoms with Crippen molar-refractivity contribution in [3.8, 4) is 0 Å². The van der Waals surface area contributed by atoms with Gasteiger partial charge in [0.1, 0.15) is 8.07 Å². The van der Waals surface area contributed by atoms with Crippen molar-refractivity contribution < 1.29 is 5.11 Å². The van der Waals surface area contributed by atoms with Crippen LogP contribution in [0.15, 0.2) is 41.6 Å². The van der Waals surface area contributed by atoms with Gasteiger partial charge in [-0.1, -0.05) is 79.7 Å². The Balaban J connectivity index is 2.87. The van der Waals surface area contributed by atoms with Gasteiger partial charge in [-0.25, -0.2) is 0 Å². The molecule has 0 heterocycles. The van der Waals surface area contributed by atoms with Gasteiger partial charge in [0.25, 0.3) is 0 Å². The van der Waals surface area contributed by atoms with Gasteiger partial charge in [-0.2, -0.15) is 0 Å². The molecule has 18 heavy (non-hydrogen) atoms. The van der Waals surface area contributed by atoms with Crippen LogP contribution in [0.4, 0.5) is 0 Å². The fourth-order valence-corrected chi connectivity index (χ4v) is 5.19. The summed E-state index contributed by atoms with van der Waals surface area (Å²) in [6.07, 6.45) is 6.96. The van der Waals surface area contributed by atoms with E-state index in [0.717, 1.165) is 6.42 Å². The quantitative estimate of drug-likeness (QED) is 0.587. The van der Waals surface area contributed by atoms with E-state index in [9.17, 15) is 5.11 Å². The predicted octanol–water partition coefficient (Wildman–Crippen LogP) is 3.64. The number of benzene rings is 1. The molecule has 100 valence electrons. The number of hydrogen-bond donors (Lipinski definition) is 1. The van der Waals surface area contributed by atoms with Gasteiger partial charge in [-0.15, -0.1) is 0 Å². The molecule has 0 amide bonds. The SMILES string of the molecule is CCCCC/C(=C\CO)[Si](C)(C)c1ccccc1. The van der Waals surface area contributed by atoms with Crippen molar-refractivity contribution in [3.63, 3.8) is 0 Å². The van der Waals surface area contributed by atoms with Crippen LogP contribution in [0, 0.1) is 0 Å². The summed E-state index contributed by atoms with van der Waals surface area (Å²) in [6.45, 7) is 7.17. The minimum absolute atomic E-state index is 0.171. The van der Waals surface area contributed by atoms with Crippen LogP contribution in [0.2, 0.25) is 13.1 Å². The Morgan fingerprint density at radius 1 is 1.17 bits per heavy atom. The summed E-state index contributed by atoms with van der Waals surface area (Å²) >= 11 is 0. The minimum atomic E-state index is -1.58. The Bertz CT molecular complexity index is 368. The molecule has 0 unspecified atom stereocenters. The number of allylic oxidation sites excluding steroid dienone is 1. The number of hydrogen-bond acceptors (Lipinski definition) is 1. The first-order chi connectivity index (χ1) is 8.62. The highest BCUT2D eigenvalue weighted by molar-refractivity contribution is 6.95. The van der Waals surface area contributed by atoms with Crippen molar-refractivity contribution in [2.45, 2.75) is 45.7 Å². The van der Waals surface area contributed by atoms with Gasteiger partial charge in [-0.3, -0.25) is 0 Å². The molecule has 0 aliphatic rings. The van der Waals surface area contributed by atoms with Gasteiger partial charge in [0.2, 0.25) is 0 Å². The molecule has 1 N–H and O–H groups in total. The monoisotopic (exact) mass is 262 g/mol. The molecule has 0 aliphatic heterocycles. The molecule has 0 saturated heterocycles. The summed E-state index contributed by atoms with van der Waals surface area (Å²) in [5.41, 5.74) is 0. The second kappa shape index (κ2) is 7.55. The predicted molar refractivity (Wildman–Crippen MR) is 82.9 cm³/mol. The van der Waals surface area contributed by atoms with Crippen molar-refractivity contribution in [1.29, 1.82) is 0 Å². The van der Waals surface area contributed by atoms with Crippen LogP contribution in [0.5, 0.6) is 0 Å². The zero-order chi connectivity index (χ0) is 13.4. The second-order valence-electron chi connectivity index (χ2n) is 5.36. The van der Waals surface area contributed by atoms with Crippen LogP contribution in [-0.2, 0) is 0 Å². The molecule has 1 rings (SSSR count). The topological polar surface area (TPSA) is 20.2 Å². The maximum atomic E-state index is 9.25. The van der Waals surface area contributed by atoms with Gasteiger partial charge in [-0.05, 0) is 12.8 Å². The molecule has 0 spiro atoms. The van der Waals surface area contributed by atoms with E-state index >= 15 is 0 Å². The third kappa shape index (κ3) is 4.11. The Hall–Kier alpha value is -0.863. The van der Waals surface area contributed by atoms with E-state index in [4.69, 9.17) is 0 Å². The molecular formula is C16H26OSi. The molecule has 0 atom stereocenters. The summed E-state index contributed by atoms with van der Waals surface area (Å²) < 4.78 is 0. The van der Waals surface area contributed by atoms with Crippen LogP contribution in [0.1, 0.15) is 32.6 Å². The lowest BCUT2D eigenvalue weighted by Crippen LogP contribution is -2.43. The van der Waals surface area contributed by atoms with E-state index in [0.29, 0.717) is 0 Å². The van der Waals surface area contributed by atoms with Crippen LogP contribution >= 0.6 is 0 Å². The molecule has 0 bridgehead atoms. The lowest BCUT2D eigenvalue weighted by molar-refractivity contribution is 0.342. The van der Waals surface area contributed by atoms with Crippen LogP contribution < -0.4 is 5.19 Å². The van der Waals surface area contributed by atoms with Gasteiger partial charge in [0.05, 0.1) is 6.61 Å². The largest absolute Gasteiger partial charge is 0.392 e. The number of aliphatic hydroxyl groups is 1. The zero-order valence-corrected chi connectivity index (χ0v) is 12.9. The molecule has 0 fully saturated rings. The van der Waals surface area contributed by atoms with Crippen LogP contribution in [-0.4, -0.2) is 19.8 Å². The van der Waals surface area contributed by atoms with Crippen LogP contribution in [0.3, 0.4) is 0 Å². The first-order valence-corrected chi connectivity index (χ1v) is 9.98. The van der Waals surface area contributed by atoms with Crippen molar-refractivity contribution in [2.24, 2.45) is 0 Å². The van der Waals surface area contributed by atoms with Gasteiger partial charge < -0.3 is 5.11 Å². The van der Waals surface area contributed by atoms with E-state index in [2.05, 4.69) is 56.4 Å². The fraction of sp³-hybridized carbons (Fsp3) is 0.500. The molecule has 1 aromatic rings. The second-order valence-corrected chi connectivity index (χ2v) is 9.83. The number of unbranched alkanes of at least 4 members (excludes halogenated alkanes) is 2. The molecule has 1 aromatic carbocycles. The first kappa shape index (κ1) is 15.2. The highest BCUT2D eigenvalue weighted by Crippen LogP contribution is 2.21. The van der Waals surface area contributed by atoms with Gasteiger partial charge in [0.15, 0.2) is 0 Å². The normalized spacial score (nSPS) is 12.8. The van der Waals surface area contributed by atoms with Crippen molar-refractivity contribution >= 4 is 13.3 Å². The summed E-state index contributed by atoms with van der Waals surface area (Å²) in [7, 11) is -1.58. The molecular weight excluding hydrogens is 236 g/mol. The third-order valence-electron chi connectivity index (χ3n) is 3.69. The lowest BCUT2D eigenvalue weighted by atomic mass is 10.2. The van der Waals surface area contributed by atoms with E-state index in [1.807, 2.05) is 0 Å². The third-order valence-corrected chi connectivity index (χ3v) is 7.52. The highest BCUT2D eigenvalue weighted by Gasteiger charge is 2.27. The Kier molecular flexibility index (Phi) is 6.37. The molecule has 0 aromatic heterocycles. The molecule has 1 nitrogen and oxygen atoms in total. The maximum absolute atomic E-state index is 9.25. The van der Waals surface area contributed by atoms with Crippen LogP contribution in [0.25, 0.3) is 0 Å². The lowest BCUT2D eigenvalue weighted by Gasteiger charge is -2.27. The fourth-order valence-electron chi connectivity index (χ4n) is 2.39. The van der Waals surface area contributed by atoms with E-state index < -0.39 is 8.07 Å². The van der Waals surface area contributed by atoms with Crippen molar-refractivity contribution in [2.75, 3.05) is 6.61 Å². The Morgan fingerprint density at radius 2 is 1.83 bits per heavy atom. The summed E-state index contributed by atoms with van der Waals surface area (Å²) in [5, 5.41) is 12.2. The maximum Gasteiger partial charge on any atom is 0.107 e. The van der Waals surface area contributed by atoms with E-state index in [1.54, 1.807) is 0 Å². The van der Waals surface area contributed by atoms with Gasteiger partial charge >= 0.3 is 0 Å². The Morgan fingerprint density at radius 3 is 2.39 bits per heavy atom. The number of aliphatic hydroxyl groups excluding tert-OH is 1. The summed E-state index contributed by atoms with van der Waals surface area (Å²) in [6, 6.07) is 10.8. The summed E-state index contributed by atoms with van der Waals surface area (Å²) in [5.74, 6) is 0. The molecule has 0 radical (unpaired) electrons. The first-order valence-electron chi connectivity index (χ1n) is 6.98. The van der Waals surface area contributed by atoms with E-state index in [1.165, 1.54) is 29.6 Å². The number of rotatable bonds is 7. The van der Waals surface area contributed by atoms with Gasteiger partial charge in [0, 0.05) is 0 Å². The van der Waals surface area contributed by atoms with Crippen molar-refractivity contribution in [1.82, 2.24) is 0 Å². The smallest absolute Gasteiger partial charge is 0.107 e. The zero-order valence-electron chi connectivity index (χ0n) is 11.9. The minimum Gasteiger partial charge on any atom is -0.392 e. The molecule has 2 heteroatoms. The summed E-state index contributed by atoms with van der Waals surface area (Å²) in [4.78, 5) is 0. The molecule has 0 aliphatic carbocycles. The average molecular weight is 262 g/mol. The Labute approximate surface area is 113 Å². The van der Waals surface area contributed by atoms with Crippen molar-refractivity contribution in [3.05, 3.63) is 41.6 Å². The molecule has 0 saturated carbocycles. The standard InChI is InChI=1S/C16H26OSi/c1-4-5-7-10-16(13-14-17)18(2,3)15-11-8-6-9-12-15/h6,8-9,11-13,17H,4-5,7,10,14H2,1-3H3/b16-13+. The highest BCUT2D eigenvalue weighted by atomic mass is 28.3.